The number of piperazine rings is 1. The second kappa shape index (κ2) is 6.25. The predicted octanol–water partition coefficient (Wildman–Crippen LogP) is 1.93. The third-order valence-electron chi connectivity index (χ3n) is 3.34. The zero-order valence-corrected chi connectivity index (χ0v) is 13.6. The van der Waals surface area contributed by atoms with Crippen molar-refractivity contribution in [2.75, 3.05) is 69.5 Å². The van der Waals surface area contributed by atoms with Gasteiger partial charge in [-0.3, -0.25) is 4.90 Å². The Labute approximate surface area is 119 Å². The molecule has 0 aromatic carbocycles. The van der Waals surface area contributed by atoms with Gasteiger partial charge in [0.1, 0.15) is 5.00 Å². The van der Waals surface area contributed by atoms with Gasteiger partial charge in [-0.1, -0.05) is 11.3 Å². The van der Waals surface area contributed by atoms with Crippen molar-refractivity contribution >= 4 is 28.6 Å². The first kappa shape index (κ1) is 14.8. The Bertz CT molecular complexity index is 450. The first-order valence-corrected chi connectivity index (χ1v) is 10.2. The molecule has 1 N–H and O–H groups in total. The molecule has 0 unspecified atom stereocenters. The number of anilines is 2. The van der Waals surface area contributed by atoms with E-state index >= 15 is 0 Å². The number of hydrogen-bond donors (Lipinski definition) is 1. The maximum Gasteiger partial charge on any atom is 0.187 e. The molecule has 0 radical (unpaired) electrons. The lowest BCUT2D eigenvalue weighted by atomic mass is 10.3. The maximum atomic E-state index is 11.7. The highest BCUT2D eigenvalue weighted by Gasteiger charge is 2.20. The van der Waals surface area contributed by atoms with Crippen molar-refractivity contribution in [1.29, 1.82) is 0 Å². The molecule has 1 aromatic heterocycles. The van der Waals surface area contributed by atoms with Gasteiger partial charge in [-0.05, 0) is 13.3 Å². The van der Waals surface area contributed by atoms with Crippen molar-refractivity contribution in [2.45, 2.75) is 0 Å². The molecule has 1 fully saturated rings. The smallest absolute Gasteiger partial charge is 0.187 e. The van der Waals surface area contributed by atoms with Gasteiger partial charge in [0, 0.05) is 45.9 Å². The van der Waals surface area contributed by atoms with Crippen molar-refractivity contribution in [3.63, 3.8) is 0 Å². The molecule has 1 aliphatic heterocycles. The van der Waals surface area contributed by atoms with Gasteiger partial charge >= 0.3 is 0 Å². The van der Waals surface area contributed by atoms with Gasteiger partial charge in [-0.15, -0.1) is 0 Å². The molecule has 1 saturated heterocycles. The van der Waals surface area contributed by atoms with E-state index in [4.69, 9.17) is 0 Å². The van der Waals surface area contributed by atoms with Crippen molar-refractivity contribution < 1.29 is 4.57 Å². The molecule has 1 aliphatic rings. The van der Waals surface area contributed by atoms with Crippen molar-refractivity contribution in [3.8, 4) is 0 Å². The van der Waals surface area contributed by atoms with E-state index < -0.39 is 7.14 Å². The largest absolute Gasteiger partial charge is 0.379 e. The van der Waals surface area contributed by atoms with Crippen LogP contribution in [0.1, 0.15) is 0 Å². The molecule has 2 heterocycles. The molecular weight excluding hydrogens is 279 g/mol. The Morgan fingerprint density at radius 3 is 2.58 bits per heavy atom. The molecule has 0 aliphatic carbocycles. The minimum Gasteiger partial charge on any atom is -0.379 e. The maximum absolute atomic E-state index is 11.7. The molecule has 0 atom stereocenters. The van der Waals surface area contributed by atoms with Crippen LogP contribution in [0.4, 0.5) is 10.1 Å². The van der Waals surface area contributed by atoms with Crippen molar-refractivity contribution in [3.05, 3.63) is 6.20 Å². The van der Waals surface area contributed by atoms with Crippen LogP contribution in [0.5, 0.6) is 0 Å². The van der Waals surface area contributed by atoms with Crippen molar-refractivity contribution in [2.24, 2.45) is 0 Å². The van der Waals surface area contributed by atoms with Gasteiger partial charge in [-0.25, -0.2) is 4.98 Å². The fourth-order valence-electron chi connectivity index (χ4n) is 2.07. The second-order valence-corrected chi connectivity index (χ2v) is 9.99. The van der Waals surface area contributed by atoms with Crippen LogP contribution in [-0.2, 0) is 4.57 Å². The third-order valence-corrected chi connectivity index (χ3v) is 5.69. The van der Waals surface area contributed by atoms with Crippen LogP contribution in [0.2, 0.25) is 0 Å². The molecule has 0 bridgehead atoms. The zero-order chi connectivity index (χ0) is 13.9. The molecule has 19 heavy (non-hydrogen) atoms. The summed E-state index contributed by atoms with van der Waals surface area (Å²) in [4.78, 5) is 9.18. The minimum absolute atomic E-state index is 0.828. The third kappa shape index (κ3) is 4.48. The summed E-state index contributed by atoms with van der Waals surface area (Å²) in [5.41, 5.74) is 0. The summed E-state index contributed by atoms with van der Waals surface area (Å²) in [7, 11) is 0.0394. The fourth-order valence-corrected chi connectivity index (χ4v) is 3.66. The quantitative estimate of drug-likeness (QED) is 0.842. The SMILES string of the molecule is CNc1cnc(N2CCN(CCP(C)(C)=O)CC2)s1. The molecule has 108 valence electrons. The lowest BCUT2D eigenvalue weighted by Crippen LogP contribution is -2.47. The first-order chi connectivity index (χ1) is 8.98. The monoisotopic (exact) mass is 302 g/mol. The molecule has 2 rings (SSSR count). The Morgan fingerprint density at radius 1 is 1.37 bits per heavy atom. The van der Waals surface area contributed by atoms with Crippen LogP contribution in [0.15, 0.2) is 6.20 Å². The van der Waals surface area contributed by atoms with Gasteiger partial charge in [0.2, 0.25) is 0 Å². The van der Waals surface area contributed by atoms with Crippen LogP contribution in [0.25, 0.3) is 0 Å². The predicted molar refractivity (Wildman–Crippen MR) is 84.6 cm³/mol. The van der Waals surface area contributed by atoms with Gasteiger partial charge in [0.05, 0.1) is 13.3 Å². The zero-order valence-electron chi connectivity index (χ0n) is 11.9. The van der Waals surface area contributed by atoms with E-state index in [0.29, 0.717) is 0 Å². The van der Waals surface area contributed by atoms with E-state index in [1.807, 2.05) is 26.6 Å². The highest BCUT2D eigenvalue weighted by molar-refractivity contribution is 7.62. The highest BCUT2D eigenvalue weighted by atomic mass is 32.1. The molecular formula is C12H23N4OPS. The normalized spacial score (nSPS) is 17.7. The van der Waals surface area contributed by atoms with Crippen LogP contribution in [0, 0.1) is 0 Å². The first-order valence-electron chi connectivity index (χ1n) is 6.63. The lowest BCUT2D eigenvalue weighted by Gasteiger charge is -2.34. The van der Waals surface area contributed by atoms with E-state index in [9.17, 15) is 4.57 Å². The van der Waals surface area contributed by atoms with Crippen LogP contribution in [0.3, 0.4) is 0 Å². The number of nitrogens with one attached hydrogen (secondary N) is 1. The number of thiazole rings is 1. The van der Waals surface area contributed by atoms with Crippen LogP contribution < -0.4 is 10.2 Å². The van der Waals surface area contributed by atoms with E-state index in [-0.39, 0.29) is 0 Å². The van der Waals surface area contributed by atoms with Crippen LogP contribution in [-0.4, -0.2) is 69.1 Å². The highest BCUT2D eigenvalue weighted by Crippen LogP contribution is 2.35. The average molecular weight is 302 g/mol. The van der Waals surface area contributed by atoms with Gasteiger partial charge in [0.15, 0.2) is 5.13 Å². The number of nitrogens with zero attached hydrogens (tertiary/aromatic N) is 3. The summed E-state index contributed by atoms with van der Waals surface area (Å²) >= 11 is 1.70. The van der Waals surface area contributed by atoms with E-state index in [0.717, 1.165) is 49.0 Å². The lowest BCUT2D eigenvalue weighted by molar-refractivity contribution is 0.272. The van der Waals surface area contributed by atoms with Gasteiger partial charge in [-0.2, -0.15) is 0 Å². The minimum atomic E-state index is -1.88. The Kier molecular flexibility index (Phi) is 4.87. The molecule has 0 spiro atoms. The number of rotatable bonds is 5. The molecule has 0 amide bonds. The Morgan fingerprint density at radius 2 is 2.05 bits per heavy atom. The summed E-state index contributed by atoms with van der Waals surface area (Å²) in [6.45, 7) is 8.79. The van der Waals surface area contributed by atoms with Gasteiger partial charge in [0.25, 0.3) is 0 Å². The fraction of sp³-hybridized carbons (Fsp3) is 0.750. The summed E-state index contributed by atoms with van der Waals surface area (Å²) in [6.07, 6.45) is 2.71. The summed E-state index contributed by atoms with van der Waals surface area (Å²) in [6, 6.07) is 0. The Hall–Kier alpha value is -0.580. The molecule has 0 saturated carbocycles. The summed E-state index contributed by atoms with van der Waals surface area (Å²) in [5, 5.41) is 5.32. The second-order valence-electron chi connectivity index (χ2n) is 5.38. The summed E-state index contributed by atoms with van der Waals surface area (Å²) in [5.74, 6) is 0. The van der Waals surface area contributed by atoms with E-state index in [2.05, 4.69) is 20.1 Å². The van der Waals surface area contributed by atoms with Crippen LogP contribution >= 0.6 is 18.5 Å². The summed E-state index contributed by atoms with van der Waals surface area (Å²) < 4.78 is 11.7. The van der Waals surface area contributed by atoms with E-state index in [1.54, 1.807) is 11.3 Å². The number of aromatic nitrogens is 1. The Balaban J connectivity index is 1.80. The van der Waals surface area contributed by atoms with Gasteiger partial charge < -0.3 is 14.8 Å². The van der Waals surface area contributed by atoms with Crippen molar-refractivity contribution in [1.82, 2.24) is 9.88 Å². The standard InChI is InChI=1S/C12H23N4OPS/c1-13-11-10-14-12(19-11)16-6-4-15(5-7-16)8-9-18(2,3)17/h10,13H,4-9H2,1-3H3. The molecule has 7 heteroatoms. The number of hydrogen-bond acceptors (Lipinski definition) is 6. The molecule has 5 nitrogen and oxygen atoms in total. The topological polar surface area (TPSA) is 48.5 Å². The molecule has 1 aromatic rings. The van der Waals surface area contributed by atoms with E-state index in [1.165, 1.54) is 0 Å². The average Bonchev–Trinajstić information content (AvgIpc) is 2.85.